The van der Waals surface area contributed by atoms with Gasteiger partial charge in [0.25, 0.3) is 6.29 Å². The van der Waals surface area contributed by atoms with E-state index in [2.05, 4.69) is 0 Å². The second-order valence-electron chi connectivity index (χ2n) is 6.23. The molecule has 0 aliphatic rings. The summed E-state index contributed by atoms with van der Waals surface area (Å²) in [5, 5.41) is 0. The van der Waals surface area contributed by atoms with E-state index in [4.69, 9.17) is 23.7 Å². The number of ether oxygens (including phenoxy) is 5. The molecule has 0 N–H and O–H groups in total. The number of nitrogens with zero attached hydrogens (tertiary/aromatic N) is 1. The predicted octanol–water partition coefficient (Wildman–Crippen LogP) is -0.288. The predicted molar refractivity (Wildman–Crippen MR) is 97.3 cm³/mol. The topological polar surface area (TPSA) is 152 Å². The summed E-state index contributed by atoms with van der Waals surface area (Å²) in [5.41, 5.74) is 0. The van der Waals surface area contributed by atoms with E-state index in [-0.39, 0.29) is 0 Å². The summed E-state index contributed by atoms with van der Waals surface area (Å²) in [5.74, 6) is -4.72. The molecule has 0 heterocycles. The Labute approximate surface area is 173 Å². The molecule has 0 bridgehead atoms. The Balaban J connectivity index is 6.45. The van der Waals surface area contributed by atoms with Crippen LogP contribution in [-0.2, 0) is 52.5 Å². The first-order valence-electron chi connectivity index (χ1n) is 8.81. The van der Waals surface area contributed by atoms with Gasteiger partial charge in [-0.05, 0) is 0 Å². The van der Waals surface area contributed by atoms with Crippen LogP contribution in [0.3, 0.4) is 0 Å². The number of carbonyl (C=O) groups excluding carboxylic acids is 6. The molecule has 0 spiro atoms. The second-order valence-corrected chi connectivity index (χ2v) is 6.23. The zero-order chi connectivity index (χ0) is 23.6. The van der Waals surface area contributed by atoms with Crippen molar-refractivity contribution in [3.63, 3.8) is 0 Å². The van der Waals surface area contributed by atoms with Crippen molar-refractivity contribution >= 4 is 35.8 Å². The molecule has 0 saturated heterocycles. The van der Waals surface area contributed by atoms with E-state index < -0.39 is 66.9 Å². The third-order valence-corrected chi connectivity index (χ3v) is 3.56. The largest absolute Gasteiger partial charge is 0.462 e. The maximum absolute atomic E-state index is 12.1. The smallest absolute Gasteiger partial charge is 0.305 e. The molecule has 0 aliphatic carbocycles. The Bertz CT molecular complexity index is 659. The van der Waals surface area contributed by atoms with Crippen molar-refractivity contribution < 1.29 is 52.5 Å². The van der Waals surface area contributed by atoms with Crippen LogP contribution in [0.1, 0.15) is 41.5 Å². The zero-order valence-electron chi connectivity index (χ0n) is 18.0. The fourth-order valence-corrected chi connectivity index (χ4v) is 2.47. The highest BCUT2D eigenvalue weighted by Gasteiger charge is 2.46. The van der Waals surface area contributed by atoms with Crippen LogP contribution < -0.4 is 0 Å². The molecule has 0 radical (unpaired) electrons. The van der Waals surface area contributed by atoms with Gasteiger partial charge in [-0.1, -0.05) is 0 Å². The summed E-state index contributed by atoms with van der Waals surface area (Å²) < 4.78 is 25.2. The first kappa shape index (κ1) is 26.8. The average molecular weight is 433 g/mol. The van der Waals surface area contributed by atoms with Crippen molar-refractivity contribution in [2.75, 3.05) is 13.7 Å². The van der Waals surface area contributed by atoms with Crippen LogP contribution in [0.25, 0.3) is 0 Å². The molecule has 0 aromatic carbocycles. The van der Waals surface area contributed by atoms with Crippen molar-refractivity contribution in [2.24, 2.45) is 0 Å². The molecule has 1 amide bonds. The highest BCUT2D eigenvalue weighted by atomic mass is 16.7. The summed E-state index contributed by atoms with van der Waals surface area (Å²) >= 11 is 0. The summed E-state index contributed by atoms with van der Waals surface area (Å²) in [4.78, 5) is 70.8. The highest BCUT2D eigenvalue weighted by Crippen LogP contribution is 2.22. The lowest BCUT2D eigenvalue weighted by Crippen LogP contribution is -2.59. The van der Waals surface area contributed by atoms with E-state index in [9.17, 15) is 28.8 Å². The van der Waals surface area contributed by atoms with Crippen LogP contribution in [0.4, 0.5) is 0 Å². The molecule has 12 heteroatoms. The Morgan fingerprint density at radius 2 is 1.10 bits per heavy atom. The van der Waals surface area contributed by atoms with Gasteiger partial charge in [0.05, 0.1) is 0 Å². The van der Waals surface area contributed by atoms with Crippen molar-refractivity contribution in [3.05, 3.63) is 0 Å². The van der Waals surface area contributed by atoms with Gasteiger partial charge >= 0.3 is 29.8 Å². The average Bonchev–Trinajstić information content (AvgIpc) is 2.56. The van der Waals surface area contributed by atoms with Gasteiger partial charge in [0.2, 0.25) is 5.91 Å². The Morgan fingerprint density at radius 1 is 0.667 bits per heavy atom. The van der Waals surface area contributed by atoms with Gasteiger partial charge in [-0.15, -0.1) is 0 Å². The van der Waals surface area contributed by atoms with Gasteiger partial charge in [-0.3, -0.25) is 28.8 Å². The number of esters is 5. The first-order chi connectivity index (χ1) is 13.8. The molecule has 12 nitrogen and oxygen atoms in total. The number of rotatable bonds is 10. The maximum Gasteiger partial charge on any atom is 0.305 e. The minimum absolute atomic E-state index is 0.526. The van der Waals surface area contributed by atoms with Crippen LogP contribution in [-0.4, -0.2) is 78.8 Å². The van der Waals surface area contributed by atoms with Crippen LogP contribution >= 0.6 is 0 Å². The van der Waals surface area contributed by atoms with Crippen LogP contribution in [0, 0.1) is 0 Å². The maximum atomic E-state index is 12.1. The molecular formula is C18H27NO11. The fourth-order valence-electron chi connectivity index (χ4n) is 2.47. The molecule has 0 fully saturated rings. The minimum atomic E-state index is -1.79. The quantitative estimate of drug-likeness (QED) is 0.254. The zero-order valence-corrected chi connectivity index (χ0v) is 18.0. The molecule has 170 valence electrons. The lowest BCUT2D eigenvalue weighted by Gasteiger charge is -2.39. The van der Waals surface area contributed by atoms with Gasteiger partial charge < -0.3 is 28.6 Å². The molecule has 0 unspecified atom stereocenters. The number of hydrogen-bond acceptors (Lipinski definition) is 11. The van der Waals surface area contributed by atoms with E-state index in [0.717, 1.165) is 39.5 Å². The van der Waals surface area contributed by atoms with Crippen molar-refractivity contribution in [1.82, 2.24) is 4.90 Å². The Kier molecular flexibility index (Phi) is 11.1. The molecule has 30 heavy (non-hydrogen) atoms. The number of likely N-dealkylation sites (N-methyl/N-ethyl adjacent to an activating group) is 1. The van der Waals surface area contributed by atoms with Crippen LogP contribution in [0.2, 0.25) is 0 Å². The third-order valence-electron chi connectivity index (χ3n) is 3.56. The second kappa shape index (κ2) is 12.4. The van der Waals surface area contributed by atoms with Crippen LogP contribution in [0.5, 0.6) is 0 Å². The molecule has 3 atom stereocenters. The SMILES string of the molecule is CC(=O)OC[C@H](OC(C)=O)[C@H]([C@H](OC(C)=O)C(OC(C)=O)OC(C)=O)N(C)C(C)=O. The van der Waals surface area contributed by atoms with Crippen molar-refractivity contribution in [3.8, 4) is 0 Å². The normalized spacial score (nSPS) is 13.3. The van der Waals surface area contributed by atoms with Gasteiger partial charge in [0.15, 0.2) is 12.2 Å². The van der Waals surface area contributed by atoms with Gasteiger partial charge in [-0.25, -0.2) is 0 Å². The molecule has 0 aromatic rings. The fraction of sp³-hybridized carbons (Fsp3) is 0.667. The van der Waals surface area contributed by atoms with Crippen molar-refractivity contribution in [2.45, 2.75) is 66.1 Å². The number of carbonyl (C=O) groups is 6. The molecule has 0 rings (SSSR count). The molecular weight excluding hydrogens is 406 g/mol. The van der Waals surface area contributed by atoms with Gasteiger partial charge in [-0.2, -0.15) is 0 Å². The van der Waals surface area contributed by atoms with E-state index >= 15 is 0 Å². The third kappa shape index (κ3) is 9.85. The monoisotopic (exact) mass is 433 g/mol. The summed E-state index contributed by atoms with van der Waals surface area (Å²) in [7, 11) is 1.28. The van der Waals surface area contributed by atoms with Crippen LogP contribution in [0.15, 0.2) is 0 Å². The summed E-state index contributed by atoms with van der Waals surface area (Å²) in [6.45, 7) is 5.90. The van der Waals surface area contributed by atoms with Gasteiger partial charge in [0, 0.05) is 48.6 Å². The molecule has 0 saturated carbocycles. The first-order valence-corrected chi connectivity index (χ1v) is 8.81. The molecule has 0 aromatic heterocycles. The standard InChI is InChI=1S/C18H27NO11/c1-9(20)19(7)16(15(27-11(3)22)8-26-10(2)21)17(28-12(4)23)18(29-13(5)24)30-14(6)25/h15-18H,8H2,1-7H3/t15-,16+,17-/m0/s1. The Morgan fingerprint density at radius 3 is 1.43 bits per heavy atom. The lowest BCUT2D eigenvalue weighted by molar-refractivity contribution is -0.226. The van der Waals surface area contributed by atoms with E-state index in [1.165, 1.54) is 14.0 Å². The molecule has 0 aliphatic heterocycles. The van der Waals surface area contributed by atoms with Crippen molar-refractivity contribution in [1.29, 1.82) is 0 Å². The highest BCUT2D eigenvalue weighted by molar-refractivity contribution is 5.74. The van der Waals surface area contributed by atoms with E-state index in [1.54, 1.807) is 0 Å². The van der Waals surface area contributed by atoms with Gasteiger partial charge in [0.1, 0.15) is 12.6 Å². The summed E-state index contributed by atoms with van der Waals surface area (Å²) in [6.07, 6.45) is -4.77. The lowest BCUT2D eigenvalue weighted by atomic mass is 10.0. The number of amides is 1. The summed E-state index contributed by atoms with van der Waals surface area (Å²) in [6, 6.07) is -1.36. The number of hydrogen-bond donors (Lipinski definition) is 0. The van der Waals surface area contributed by atoms with E-state index in [0.29, 0.717) is 0 Å². The van der Waals surface area contributed by atoms with E-state index in [1.807, 2.05) is 0 Å². The minimum Gasteiger partial charge on any atom is -0.462 e. The Hall–Kier alpha value is -3.18.